The molecule has 0 N–H and O–H groups in total. The quantitative estimate of drug-likeness (QED) is 0.461. The second-order valence-electron chi connectivity index (χ2n) is 2.46. The van der Waals surface area contributed by atoms with Gasteiger partial charge in [-0.2, -0.15) is 13.7 Å². The number of rotatable bonds is 0. The van der Waals surface area contributed by atoms with Crippen LogP contribution < -0.4 is 0 Å². The van der Waals surface area contributed by atoms with Crippen molar-refractivity contribution in [3.8, 4) is 6.07 Å². The van der Waals surface area contributed by atoms with Crippen molar-refractivity contribution in [2.45, 2.75) is 6.42 Å². The minimum Gasteiger partial charge on any atom is -0.267 e. The molecule has 0 aromatic carbocycles. The average molecular weight is 172 g/mol. The molecule has 1 atom stereocenters. The summed E-state index contributed by atoms with van der Waals surface area (Å²) in [6, 6.07) is 1.95. The summed E-state index contributed by atoms with van der Waals surface area (Å²) in [7, 11) is -0.548. The van der Waals surface area contributed by atoms with Gasteiger partial charge in [0.1, 0.15) is 4.99 Å². The molecule has 11 heavy (non-hydrogen) atoms. The van der Waals surface area contributed by atoms with Crippen LogP contribution in [0.1, 0.15) is 6.42 Å². The van der Waals surface area contributed by atoms with Crippen molar-refractivity contribution in [2.24, 2.45) is 5.92 Å². The van der Waals surface area contributed by atoms with E-state index in [-0.39, 0.29) is 4.99 Å². The molecule has 0 spiro atoms. The molecule has 0 saturated carbocycles. The van der Waals surface area contributed by atoms with Gasteiger partial charge in [0.25, 0.3) is 0 Å². The second-order valence-corrected chi connectivity index (χ2v) is 3.35. The largest absolute Gasteiger partial charge is 0.267 e. The Morgan fingerprint density at radius 3 is 2.73 bits per heavy atom. The van der Waals surface area contributed by atoms with E-state index in [9.17, 15) is 8.42 Å². The molecule has 0 aliphatic carbocycles. The monoisotopic (exact) mass is 172 g/mol. The zero-order chi connectivity index (χ0) is 8.43. The Balaban J connectivity index is 3.12. The molecule has 1 unspecified atom stereocenters. The summed E-state index contributed by atoms with van der Waals surface area (Å²) >= 11 is 0. The maximum Gasteiger partial charge on any atom is 0.229 e. The van der Waals surface area contributed by atoms with Crippen LogP contribution in [0.15, 0.2) is 0 Å². The highest BCUT2D eigenvalue weighted by molar-refractivity contribution is 7.72. The number of nitriles is 1. The first kappa shape index (κ1) is 8.24. The first-order chi connectivity index (χ1) is 5.16. The third-order valence-electron chi connectivity index (χ3n) is 1.75. The molecule has 0 bridgehead atoms. The molecule has 4 nitrogen and oxygen atoms in total. The van der Waals surface area contributed by atoms with Gasteiger partial charge >= 0.3 is 0 Å². The molecule has 0 aromatic heterocycles. The summed E-state index contributed by atoms with van der Waals surface area (Å²) < 4.78 is 21.1. The summed E-state index contributed by atoms with van der Waals surface area (Å²) in [5, 5.41) is 8.53. The predicted molar refractivity (Wildman–Crippen MR) is 40.3 cm³/mol. The van der Waals surface area contributed by atoms with Crippen LogP contribution in [0.4, 0.5) is 0 Å². The maximum absolute atomic E-state index is 10.6. The normalized spacial score (nSPS) is 25.1. The van der Waals surface area contributed by atoms with Gasteiger partial charge in [-0.15, -0.1) is 0 Å². The Morgan fingerprint density at radius 1 is 1.73 bits per heavy atom. The first-order valence-electron chi connectivity index (χ1n) is 3.23. The summed E-state index contributed by atoms with van der Waals surface area (Å²) in [4.78, 5) is 1.84. The minimum absolute atomic E-state index is 0.229. The lowest BCUT2D eigenvalue weighted by atomic mass is 10.1. The van der Waals surface area contributed by atoms with Crippen LogP contribution in [0.5, 0.6) is 0 Å². The number of nitrogens with zero attached hydrogens (tertiary/aromatic N) is 2. The third-order valence-corrected chi connectivity index (χ3v) is 2.69. The van der Waals surface area contributed by atoms with Gasteiger partial charge in [-0.3, -0.25) is 4.90 Å². The molecular formula is C6H8N2O2S. The molecule has 5 heteroatoms. The molecule has 1 rings (SSSR count). The highest BCUT2D eigenvalue weighted by Gasteiger charge is 2.28. The fraction of sp³-hybridized carbons (Fsp3) is 0.667. The lowest BCUT2D eigenvalue weighted by Gasteiger charge is -2.04. The number of likely N-dealkylation sites (tertiary alicyclic amines) is 1. The van der Waals surface area contributed by atoms with E-state index in [0.717, 1.165) is 0 Å². The fourth-order valence-electron chi connectivity index (χ4n) is 1.19. The molecule has 1 aliphatic rings. The van der Waals surface area contributed by atoms with E-state index >= 15 is 0 Å². The van der Waals surface area contributed by atoms with Crippen LogP contribution in [-0.2, 0) is 10.3 Å². The van der Waals surface area contributed by atoms with Gasteiger partial charge in [0.2, 0.25) is 10.3 Å². The summed E-state index contributed by atoms with van der Waals surface area (Å²) in [6.45, 7) is 0.654. The molecule has 1 heterocycles. The second kappa shape index (κ2) is 3.03. The van der Waals surface area contributed by atoms with Crippen molar-refractivity contribution in [2.75, 3.05) is 13.6 Å². The van der Waals surface area contributed by atoms with E-state index in [2.05, 4.69) is 0 Å². The number of hydrogen-bond donors (Lipinski definition) is 0. The van der Waals surface area contributed by atoms with E-state index in [4.69, 9.17) is 5.26 Å². The molecule has 1 fully saturated rings. The number of hydrogen-bond acceptors (Lipinski definition) is 3. The van der Waals surface area contributed by atoms with Gasteiger partial charge in [0.15, 0.2) is 0 Å². The van der Waals surface area contributed by atoms with Gasteiger partial charge in [0.05, 0.1) is 12.0 Å². The third kappa shape index (κ3) is 1.42. The van der Waals surface area contributed by atoms with E-state index < -0.39 is 16.2 Å². The van der Waals surface area contributed by atoms with Crippen molar-refractivity contribution in [3.63, 3.8) is 0 Å². The van der Waals surface area contributed by atoms with Crippen molar-refractivity contribution in [1.29, 1.82) is 5.26 Å². The Labute approximate surface area is 66.6 Å². The first-order valence-corrected chi connectivity index (χ1v) is 4.31. The summed E-state index contributed by atoms with van der Waals surface area (Å²) in [5.74, 6) is -0.432. The van der Waals surface area contributed by atoms with E-state index in [1.165, 1.54) is 0 Å². The van der Waals surface area contributed by atoms with Crippen LogP contribution >= 0.6 is 0 Å². The van der Waals surface area contributed by atoms with Crippen LogP contribution in [0.25, 0.3) is 0 Å². The molecule has 60 valence electrons. The van der Waals surface area contributed by atoms with Gasteiger partial charge in [0, 0.05) is 6.54 Å². The topological polar surface area (TPSA) is 61.2 Å². The van der Waals surface area contributed by atoms with Crippen molar-refractivity contribution < 1.29 is 8.42 Å². The summed E-state index contributed by atoms with van der Waals surface area (Å²) in [6.07, 6.45) is 0.621. The Bertz CT molecular complexity index is 317. The Kier molecular flexibility index (Phi) is 2.27. The average Bonchev–Trinajstić information content (AvgIpc) is 2.30. The lowest BCUT2D eigenvalue weighted by Crippen LogP contribution is -2.23. The van der Waals surface area contributed by atoms with E-state index in [0.29, 0.717) is 13.0 Å². The standard InChI is InChI=1S/C6H8N2O2S/c1-8-3-2-5(4-7)6(8)11(9)10/h5H,2-3H2,1H3. The van der Waals surface area contributed by atoms with Crippen LogP contribution in [0.2, 0.25) is 0 Å². The Morgan fingerprint density at radius 2 is 2.36 bits per heavy atom. The maximum atomic E-state index is 10.6. The SMILES string of the molecule is CN1CCC(C#N)C1=S(=O)=O. The smallest absolute Gasteiger partial charge is 0.229 e. The van der Waals surface area contributed by atoms with Gasteiger partial charge in [-0.25, -0.2) is 0 Å². The van der Waals surface area contributed by atoms with Crippen molar-refractivity contribution in [3.05, 3.63) is 0 Å². The van der Waals surface area contributed by atoms with Gasteiger partial charge in [-0.1, -0.05) is 0 Å². The fourth-order valence-corrected chi connectivity index (χ4v) is 1.93. The van der Waals surface area contributed by atoms with E-state index in [1.807, 2.05) is 6.07 Å². The predicted octanol–water partition coefficient (Wildman–Crippen LogP) is -0.529. The van der Waals surface area contributed by atoms with Crippen molar-refractivity contribution in [1.82, 2.24) is 4.90 Å². The highest BCUT2D eigenvalue weighted by atomic mass is 32.2. The van der Waals surface area contributed by atoms with Crippen LogP contribution in [0, 0.1) is 17.2 Å². The van der Waals surface area contributed by atoms with Crippen LogP contribution in [0.3, 0.4) is 0 Å². The zero-order valence-electron chi connectivity index (χ0n) is 6.11. The lowest BCUT2D eigenvalue weighted by molar-refractivity contribution is 0.552. The Hall–Kier alpha value is -0.860. The molecule has 0 radical (unpaired) electrons. The minimum atomic E-state index is -2.23. The molecular weight excluding hydrogens is 164 g/mol. The van der Waals surface area contributed by atoms with Crippen LogP contribution in [-0.4, -0.2) is 31.9 Å². The van der Waals surface area contributed by atoms with E-state index in [1.54, 1.807) is 11.9 Å². The molecule has 1 saturated heterocycles. The molecule has 0 aromatic rings. The van der Waals surface area contributed by atoms with Crippen molar-refractivity contribution >= 4 is 15.3 Å². The van der Waals surface area contributed by atoms with Gasteiger partial charge < -0.3 is 0 Å². The highest BCUT2D eigenvalue weighted by Crippen LogP contribution is 2.15. The summed E-state index contributed by atoms with van der Waals surface area (Å²) in [5.41, 5.74) is 0. The zero-order valence-corrected chi connectivity index (χ0v) is 6.93. The van der Waals surface area contributed by atoms with Gasteiger partial charge in [-0.05, 0) is 13.5 Å². The molecule has 1 aliphatic heterocycles. The molecule has 0 amide bonds.